The number of likely N-dealkylation sites (tertiary alicyclic amines) is 1. The number of hydrogen-bond donors (Lipinski definition) is 0. The third kappa shape index (κ3) is 4.03. The predicted molar refractivity (Wildman–Crippen MR) is 109 cm³/mol. The summed E-state index contributed by atoms with van der Waals surface area (Å²) in [4.78, 5) is 36.1. The van der Waals surface area contributed by atoms with Gasteiger partial charge in [0.05, 0.1) is 11.7 Å². The molecule has 2 amide bonds. The van der Waals surface area contributed by atoms with E-state index in [9.17, 15) is 9.59 Å². The van der Waals surface area contributed by atoms with Gasteiger partial charge in [0.25, 0.3) is 5.91 Å². The number of rotatable bonds is 4. The van der Waals surface area contributed by atoms with Crippen LogP contribution in [0.5, 0.6) is 0 Å². The number of piperazine rings is 1. The van der Waals surface area contributed by atoms with E-state index < -0.39 is 0 Å². The molecule has 4 rings (SSSR count). The van der Waals surface area contributed by atoms with Crippen LogP contribution in [0.4, 0.5) is 0 Å². The maximum Gasteiger partial charge on any atom is 0.272 e. The summed E-state index contributed by atoms with van der Waals surface area (Å²) in [6.45, 7) is 7.64. The third-order valence-corrected chi connectivity index (χ3v) is 5.84. The number of aromatic nitrogens is 3. The van der Waals surface area contributed by atoms with Gasteiger partial charge >= 0.3 is 0 Å². The van der Waals surface area contributed by atoms with Crippen LogP contribution in [0, 0.1) is 0 Å². The molecule has 0 unspecified atom stereocenters. The minimum absolute atomic E-state index is 0.0512. The van der Waals surface area contributed by atoms with Gasteiger partial charge in [-0.05, 0) is 44.9 Å². The first-order valence-corrected chi connectivity index (χ1v) is 10.3. The van der Waals surface area contributed by atoms with E-state index in [-0.39, 0.29) is 23.9 Å². The molecule has 0 radical (unpaired) electrons. The van der Waals surface area contributed by atoms with Crippen LogP contribution in [0.15, 0.2) is 36.8 Å². The third-order valence-electron chi connectivity index (χ3n) is 5.84. The van der Waals surface area contributed by atoms with Crippen molar-refractivity contribution in [3.05, 3.63) is 42.5 Å². The Morgan fingerprint density at radius 2 is 1.93 bits per heavy atom. The SMILES string of the molecule is CC(C)N1CCC[C@H](N2CCN(C(=O)c3cc(-n4cccn4)ccn3)CC2)C1=O. The molecule has 8 nitrogen and oxygen atoms in total. The largest absolute Gasteiger partial charge is 0.339 e. The zero-order valence-corrected chi connectivity index (χ0v) is 17.1. The number of carbonyl (C=O) groups excluding carboxylic acids is 2. The van der Waals surface area contributed by atoms with Gasteiger partial charge in [0.2, 0.25) is 5.91 Å². The van der Waals surface area contributed by atoms with Gasteiger partial charge in [0, 0.05) is 57.4 Å². The highest BCUT2D eigenvalue weighted by Crippen LogP contribution is 2.21. The highest BCUT2D eigenvalue weighted by molar-refractivity contribution is 5.93. The first-order chi connectivity index (χ1) is 14.0. The summed E-state index contributed by atoms with van der Waals surface area (Å²) < 4.78 is 1.71. The number of hydrogen-bond acceptors (Lipinski definition) is 5. The Morgan fingerprint density at radius 1 is 1.14 bits per heavy atom. The molecule has 29 heavy (non-hydrogen) atoms. The molecule has 0 bridgehead atoms. The fourth-order valence-electron chi connectivity index (χ4n) is 4.23. The molecule has 1 atom stereocenters. The smallest absolute Gasteiger partial charge is 0.272 e. The molecular weight excluding hydrogens is 368 g/mol. The predicted octanol–water partition coefficient (Wildman–Crippen LogP) is 1.42. The van der Waals surface area contributed by atoms with E-state index >= 15 is 0 Å². The normalized spacial score (nSPS) is 21.1. The van der Waals surface area contributed by atoms with Crippen LogP contribution < -0.4 is 0 Å². The van der Waals surface area contributed by atoms with Crippen molar-refractivity contribution in [2.45, 2.75) is 38.8 Å². The lowest BCUT2D eigenvalue weighted by atomic mass is 10.0. The minimum Gasteiger partial charge on any atom is -0.339 e. The molecule has 2 aromatic heterocycles. The highest BCUT2D eigenvalue weighted by Gasteiger charge is 2.36. The summed E-state index contributed by atoms with van der Waals surface area (Å²) in [6.07, 6.45) is 7.13. The maximum atomic E-state index is 13.0. The standard InChI is InChI=1S/C21H28N6O2/c1-16(2)26-9-3-5-19(21(26)29)24-11-13-25(14-12-24)20(28)18-15-17(6-8-22-18)27-10-4-7-23-27/h4,6-8,10,15-16,19H,3,5,9,11-14H2,1-2H3/t19-/m0/s1. The Labute approximate surface area is 171 Å². The van der Waals surface area contributed by atoms with Gasteiger partial charge in [-0.2, -0.15) is 5.10 Å². The minimum atomic E-state index is -0.0718. The molecule has 0 spiro atoms. The molecule has 2 aromatic rings. The number of nitrogens with zero attached hydrogens (tertiary/aromatic N) is 6. The topological polar surface area (TPSA) is 74.6 Å². The average Bonchev–Trinajstić information content (AvgIpc) is 3.28. The van der Waals surface area contributed by atoms with Gasteiger partial charge in [0.1, 0.15) is 5.69 Å². The first kappa shape index (κ1) is 19.6. The second-order valence-corrected chi connectivity index (χ2v) is 7.96. The molecule has 2 aliphatic rings. The van der Waals surface area contributed by atoms with E-state index in [2.05, 4.69) is 28.8 Å². The molecule has 8 heteroatoms. The van der Waals surface area contributed by atoms with E-state index in [0.717, 1.165) is 25.1 Å². The molecule has 4 heterocycles. The van der Waals surface area contributed by atoms with Crippen molar-refractivity contribution in [1.82, 2.24) is 29.5 Å². The van der Waals surface area contributed by atoms with Gasteiger partial charge in [0.15, 0.2) is 0 Å². The lowest BCUT2D eigenvalue weighted by molar-refractivity contribution is -0.142. The van der Waals surface area contributed by atoms with Gasteiger partial charge in [-0.1, -0.05) is 0 Å². The summed E-state index contributed by atoms with van der Waals surface area (Å²) in [5, 5.41) is 4.21. The van der Waals surface area contributed by atoms with E-state index in [1.54, 1.807) is 23.1 Å². The Hall–Kier alpha value is -2.74. The molecule has 2 fully saturated rings. The van der Waals surface area contributed by atoms with Crippen molar-refractivity contribution in [2.24, 2.45) is 0 Å². The molecule has 0 aliphatic carbocycles. The highest BCUT2D eigenvalue weighted by atomic mass is 16.2. The molecule has 0 saturated carbocycles. The van der Waals surface area contributed by atoms with Crippen molar-refractivity contribution in [3.63, 3.8) is 0 Å². The van der Waals surface area contributed by atoms with Gasteiger partial charge in [-0.3, -0.25) is 19.5 Å². The van der Waals surface area contributed by atoms with E-state index in [1.807, 2.05) is 28.1 Å². The van der Waals surface area contributed by atoms with Crippen LogP contribution in [0.1, 0.15) is 37.2 Å². The van der Waals surface area contributed by atoms with Crippen molar-refractivity contribution in [1.29, 1.82) is 0 Å². The van der Waals surface area contributed by atoms with E-state index in [0.29, 0.717) is 31.9 Å². The molecule has 0 aromatic carbocycles. The lowest BCUT2D eigenvalue weighted by Crippen LogP contribution is -2.59. The van der Waals surface area contributed by atoms with Crippen LogP contribution in [0.3, 0.4) is 0 Å². The zero-order valence-electron chi connectivity index (χ0n) is 17.1. The molecule has 2 saturated heterocycles. The number of carbonyl (C=O) groups is 2. The summed E-state index contributed by atoms with van der Waals surface area (Å²) in [7, 11) is 0. The van der Waals surface area contributed by atoms with Crippen molar-refractivity contribution < 1.29 is 9.59 Å². The van der Waals surface area contributed by atoms with Crippen molar-refractivity contribution >= 4 is 11.8 Å². The molecule has 154 valence electrons. The lowest BCUT2D eigenvalue weighted by Gasteiger charge is -2.43. The fraction of sp³-hybridized carbons (Fsp3) is 0.524. The average molecular weight is 396 g/mol. The maximum absolute atomic E-state index is 13.0. The van der Waals surface area contributed by atoms with Crippen LogP contribution in [-0.4, -0.2) is 86.1 Å². The number of piperidine rings is 1. The first-order valence-electron chi connectivity index (χ1n) is 10.3. The Kier molecular flexibility index (Phi) is 5.62. The van der Waals surface area contributed by atoms with Gasteiger partial charge < -0.3 is 9.80 Å². The Bertz CT molecular complexity index is 858. The van der Waals surface area contributed by atoms with Gasteiger partial charge in [-0.25, -0.2) is 4.68 Å². The van der Waals surface area contributed by atoms with Crippen molar-refractivity contribution in [2.75, 3.05) is 32.7 Å². The summed E-state index contributed by atoms with van der Waals surface area (Å²) in [6, 6.07) is 5.63. The second kappa shape index (κ2) is 8.32. The molecular formula is C21H28N6O2. The molecule has 0 N–H and O–H groups in total. The summed E-state index contributed by atoms with van der Waals surface area (Å²) >= 11 is 0. The summed E-state index contributed by atoms with van der Waals surface area (Å²) in [5.41, 5.74) is 1.24. The zero-order chi connectivity index (χ0) is 20.4. The Balaban J connectivity index is 1.39. The van der Waals surface area contributed by atoms with E-state index in [4.69, 9.17) is 0 Å². The quantitative estimate of drug-likeness (QED) is 0.782. The van der Waals surface area contributed by atoms with Gasteiger partial charge in [-0.15, -0.1) is 0 Å². The summed E-state index contributed by atoms with van der Waals surface area (Å²) in [5.74, 6) is 0.164. The fourth-order valence-corrected chi connectivity index (χ4v) is 4.23. The van der Waals surface area contributed by atoms with E-state index in [1.165, 1.54) is 0 Å². The van der Waals surface area contributed by atoms with Crippen LogP contribution in [0.2, 0.25) is 0 Å². The monoisotopic (exact) mass is 396 g/mol. The second-order valence-electron chi connectivity index (χ2n) is 7.96. The molecule has 2 aliphatic heterocycles. The Morgan fingerprint density at radius 3 is 2.62 bits per heavy atom. The van der Waals surface area contributed by atoms with Crippen molar-refractivity contribution in [3.8, 4) is 5.69 Å². The number of amides is 2. The van der Waals surface area contributed by atoms with Crippen LogP contribution >= 0.6 is 0 Å². The van der Waals surface area contributed by atoms with Crippen LogP contribution in [0.25, 0.3) is 5.69 Å². The number of pyridine rings is 1. The van der Waals surface area contributed by atoms with Crippen LogP contribution in [-0.2, 0) is 4.79 Å².